The summed E-state index contributed by atoms with van der Waals surface area (Å²) in [7, 11) is -3.38. The first kappa shape index (κ1) is 17.4. The fourth-order valence-electron chi connectivity index (χ4n) is 1.80. The molecule has 0 aromatic heterocycles. The number of nitrogens with one attached hydrogen (secondary N) is 1. The number of hydrogen-bond acceptors (Lipinski definition) is 4. The molecule has 0 heterocycles. The Hall–Kier alpha value is -0.620. The third-order valence-electron chi connectivity index (χ3n) is 2.71. The summed E-state index contributed by atoms with van der Waals surface area (Å²) in [6, 6.07) is 6.84. The largest absolute Gasteiger partial charge is 0.391 e. The van der Waals surface area contributed by atoms with Crippen molar-refractivity contribution in [2.45, 2.75) is 25.7 Å². The van der Waals surface area contributed by atoms with Crippen molar-refractivity contribution < 1.29 is 13.5 Å². The van der Waals surface area contributed by atoms with E-state index in [1.165, 1.54) is 0 Å². The highest BCUT2D eigenvalue weighted by atomic mass is 35.5. The molecular formula is C14H22ClNO3S. The van der Waals surface area contributed by atoms with E-state index in [9.17, 15) is 13.5 Å². The molecule has 0 saturated heterocycles. The van der Waals surface area contributed by atoms with Gasteiger partial charge in [0.15, 0.2) is 9.84 Å². The molecule has 0 aliphatic heterocycles. The summed E-state index contributed by atoms with van der Waals surface area (Å²) in [6.07, 6.45) is -0.902. The fourth-order valence-corrected chi connectivity index (χ4v) is 3.63. The van der Waals surface area contributed by atoms with E-state index < -0.39 is 15.9 Å². The second kappa shape index (κ2) is 7.98. The van der Waals surface area contributed by atoms with Crippen LogP contribution >= 0.6 is 11.6 Å². The van der Waals surface area contributed by atoms with Gasteiger partial charge in [-0.05, 0) is 24.1 Å². The first-order valence-corrected chi connectivity index (χ1v) is 8.82. The lowest BCUT2D eigenvalue weighted by molar-refractivity contribution is 0.192. The SMILES string of the molecule is CC(C)CNCC(O)CS(=O)(=O)Cc1ccccc1Cl. The van der Waals surface area contributed by atoms with Gasteiger partial charge in [0.25, 0.3) is 0 Å². The molecule has 6 heteroatoms. The van der Waals surface area contributed by atoms with Gasteiger partial charge in [0.2, 0.25) is 0 Å². The molecule has 0 fully saturated rings. The van der Waals surface area contributed by atoms with Crippen LogP contribution in [0.4, 0.5) is 0 Å². The Kier molecular flexibility index (Phi) is 6.95. The molecule has 1 unspecified atom stereocenters. The van der Waals surface area contributed by atoms with Crippen LogP contribution in [-0.4, -0.2) is 38.5 Å². The molecule has 1 aromatic rings. The Labute approximate surface area is 126 Å². The number of benzene rings is 1. The van der Waals surface area contributed by atoms with Gasteiger partial charge in [0, 0.05) is 11.6 Å². The molecule has 0 bridgehead atoms. The van der Waals surface area contributed by atoms with Gasteiger partial charge in [0.1, 0.15) is 0 Å². The van der Waals surface area contributed by atoms with Crippen LogP contribution in [0.5, 0.6) is 0 Å². The molecule has 0 aliphatic carbocycles. The second-order valence-electron chi connectivity index (χ2n) is 5.35. The van der Waals surface area contributed by atoms with Gasteiger partial charge in [-0.1, -0.05) is 43.6 Å². The van der Waals surface area contributed by atoms with E-state index in [-0.39, 0.29) is 18.1 Å². The van der Waals surface area contributed by atoms with Crippen LogP contribution in [-0.2, 0) is 15.6 Å². The Balaban J connectivity index is 2.51. The van der Waals surface area contributed by atoms with Crippen LogP contribution in [0.15, 0.2) is 24.3 Å². The molecule has 4 nitrogen and oxygen atoms in total. The second-order valence-corrected chi connectivity index (χ2v) is 7.87. The van der Waals surface area contributed by atoms with Crippen molar-refractivity contribution >= 4 is 21.4 Å². The molecule has 1 rings (SSSR count). The van der Waals surface area contributed by atoms with Crippen LogP contribution in [0, 0.1) is 5.92 Å². The van der Waals surface area contributed by atoms with E-state index in [1.54, 1.807) is 24.3 Å². The Morgan fingerprint density at radius 2 is 1.90 bits per heavy atom. The molecule has 0 aliphatic rings. The smallest absolute Gasteiger partial charge is 0.157 e. The molecule has 0 radical (unpaired) electrons. The zero-order valence-corrected chi connectivity index (χ0v) is 13.4. The Morgan fingerprint density at radius 3 is 2.50 bits per heavy atom. The fraction of sp³-hybridized carbons (Fsp3) is 0.571. The van der Waals surface area contributed by atoms with Crippen molar-refractivity contribution in [1.82, 2.24) is 5.32 Å². The van der Waals surface area contributed by atoms with Crippen LogP contribution in [0.3, 0.4) is 0 Å². The van der Waals surface area contributed by atoms with E-state index in [0.717, 1.165) is 6.54 Å². The minimum atomic E-state index is -3.38. The van der Waals surface area contributed by atoms with Gasteiger partial charge in [-0.25, -0.2) is 8.42 Å². The molecule has 20 heavy (non-hydrogen) atoms. The van der Waals surface area contributed by atoms with Gasteiger partial charge >= 0.3 is 0 Å². The number of rotatable bonds is 8. The number of aliphatic hydroxyl groups excluding tert-OH is 1. The van der Waals surface area contributed by atoms with Gasteiger partial charge in [-0.15, -0.1) is 0 Å². The predicted molar refractivity (Wildman–Crippen MR) is 82.7 cm³/mol. The highest BCUT2D eigenvalue weighted by Gasteiger charge is 2.19. The first-order valence-electron chi connectivity index (χ1n) is 6.63. The normalized spacial score (nSPS) is 13.7. The minimum Gasteiger partial charge on any atom is -0.391 e. The van der Waals surface area contributed by atoms with Crippen LogP contribution in [0.25, 0.3) is 0 Å². The van der Waals surface area contributed by atoms with E-state index in [4.69, 9.17) is 11.6 Å². The van der Waals surface area contributed by atoms with Crippen molar-refractivity contribution in [2.24, 2.45) is 5.92 Å². The quantitative estimate of drug-likeness (QED) is 0.767. The summed E-state index contributed by atoms with van der Waals surface area (Å²) in [5, 5.41) is 13.2. The van der Waals surface area contributed by atoms with Crippen molar-refractivity contribution in [3.8, 4) is 0 Å². The summed E-state index contributed by atoms with van der Waals surface area (Å²) in [5.74, 6) is 0.0546. The zero-order chi connectivity index (χ0) is 15.2. The van der Waals surface area contributed by atoms with Crippen molar-refractivity contribution in [1.29, 1.82) is 0 Å². The minimum absolute atomic E-state index is 0.145. The lowest BCUT2D eigenvalue weighted by Gasteiger charge is -2.14. The molecular weight excluding hydrogens is 298 g/mol. The molecule has 0 saturated carbocycles. The molecule has 114 valence electrons. The van der Waals surface area contributed by atoms with Gasteiger partial charge in [-0.2, -0.15) is 0 Å². The number of sulfone groups is 1. The average Bonchev–Trinajstić information content (AvgIpc) is 2.30. The topological polar surface area (TPSA) is 66.4 Å². The maximum absolute atomic E-state index is 12.0. The first-order chi connectivity index (χ1) is 9.30. The third kappa shape index (κ3) is 6.70. The van der Waals surface area contributed by atoms with E-state index in [1.807, 2.05) is 13.8 Å². The van der Waals surface area contributed by atoms with Crippen LogP contribution < -0.4 is 5.32 Å². The van der Waals surface area contributed by atoms with Crippen molar-refractivity contribution in [2.75, 3.05) is 18.8 Å². The van der Waals surface area contributed by atoms with E-state index >= 15 is 0 Å². The third-order valence-corrected chi connectivity index (χ3v) is 4.72. The molecule has 0 spiro atoms. The number of aliphatic hydroxyl groups is 1. The summed E-state index contributed by atoms with van der Waals surface area (Å²) in [6.45, 7) is 5.13. The summed E-state index contributed by atoms with van der Waals surface area (Å²) >= 11 is 5.95. The van der Waals surface area contributed by atoms with Crippen LogP contribution in [0.2, 0.25) is 5.02 Å². The molecule has 1 aromatic carbocycles. The monoisotopic (exact) mass is 319 g/mol. The number of halogens is 1. The van der Waals surface area contributed by atoms with Crippen molar-refractivity contribution in [3.63, 3.8) is 0 Å². The van der Waals surface area contributed by atoms with Crippen molar-refractivity contribution in [3.05, 3.63) is 34.9 Å². The summed E-state index contributed by atoms with van der Waals surface area (Å²) in [4.78, 5) is 0. The van der Waals surface area contributed by atoms with Gasteiger partial charge < -0.3 is 10.4 Å². The summed E-state index contributed by atoms with van der Waals surface area (Å²) < 4.78 is 24.0. The highest BCUT2D eigenvalue weighted by Crippen LogP contribution is 2.18. The molecule has 1 atom stereocenters. The van der Waals surface area contributed by atoms with Crippen LogP contribution in [0.1, 0.15) is 19.4 Å². The zero-order valence-electron chi connectivity index (χ0n) is 11.8. The molecule has 0 amide bonds. The highest BCUT2D eigenvalue weighted by molar-refractivity contribution is 7.90. The van der Waals surface area contributed by atoms with E-state index in [2.05, 4.69) is 5.32 Å². The lowest BCUT2D eigenvalue weighted by Crippen LogP contribution is -2.34. The van der Waals surface area contributed by atoms with Gasteiger partial charge in [-0.3, -0.25) is 0 Å². The lowest BCUT2D eigenvalue weighted by atomic mass is 10.2. The number of hydrogen-bond donors (Lipinski definition) is 2. The van der Waals surface area contributed by atoms with Gasteiger partial charge in [0.05, 0.1) is 17.6 Å². The molecule has 2 N–H and O–H groups in total. The maximum Gasteiger partial charge on any atom is 0.157 e. The Bertz CT molecular complexity index is 517. The predicted octanol–water partition coefficient (Wildman–Crippen LogP) is 1.86. The Morgan fingerprint density at radius 1 is 1.25 bits per heavy atom. The standard InChI is InChI=1S/C14H22ClNO3S/c1-11(2)7-16-8-13(17)10-20(18,19)9-12-5-3-4-6-14(12)15/h3-6,11,13,16-17H,7-10H2,1-2H3. The maximum atomic E-state index is 12.0. The summed E-state index contributed by atoms with van der Waals surface area (Å²) in [5.41, 5.74) is 0.566. The average molecular weight is 320 g/mol. The van der Waals surface area contributed by atoms with E-state index in [0.29, 0.717) is 16.5 Å².